The number of aliphatic hydroxyl groups is 1. The zero-order valence-corrected chi connectivity index (χ0v) is 10.9. The van der Waals surface area contributed by atoms with Gasteiger partial charge in [0.05, 0.1) is 5.60 Å². The summed E-state index contributed by atoms with van der Waals surface area (Å²) in [6, 6.07) is 8.23. The van der Waals surface area contributed by atoms with Crippen molar-refractivity contribution in [2.24, 2.45) is 5.92 Å². The van der Waals surface area contributed by atoms with Gasteiger partial charge in [0.1, 0.15) is 0 Å². The van der Waals surface area contributed by atoms with Crippen LogP contribution in [0.1, 0.15) is 18.4 Å². The highest BCUT2D eigenvalue weighted by Crippen LogP contribution is 2.44. The van der Waals surface area contributed by atoms with E-state index in [0.29, 0.717) is 5.92 Å². The SMILES string of the molecule is OC1(c2cccc3cnccc23)CCN2CCC1C2. The summed E-state index contributed by atoms with van der Waals surface area (Å²) in [5.74, 6) is 0.375. The molecule has 1 aromatic heterocycles. The van der Waals surface area contributed by atoms with Crippen molar-refractivity contribution in [3.8, 4) is 0 Å². The Bertz CT molecular complexity index is 622. The number of piperidine rings is 1. The van der Waals surface area contributed by atoms with Crippen LogP contribution in [0, 0.1) is 5.92 Å². The summed E-state index contributed by atoms with van der Waals surface area (Å²) in [4.78, 5) is 6.64. The van der Waals surface area contributed by atoms with Crippen LogP contribution in [-0.2, 0) is 5.60 Å². The number of rotatable bonds is 1. The van der Waals surface area contributed by atoms with Gasteiger partial charge in [-0.05, 0) is 36.4 Å². The van der Waals surface area contributed by atoms with Crippen molar-refractivity contribution in [2.45, 2.75) is 18.4 Å². The summed E-state index contributed by atoms with van der Waals surface area (Å²) in [7, 11) is 0. The molecule has 0 spiro atoms. The maximum Gasteiger partial charge on any atom is 0.0955 e. The molecular weight excluding hydrogens is 236 g/mol. The Morgan fingerprint density at radius 1 is 1.26 bits per heavy atom. The Morgan fingerprint density at radius 3 is 3.16 bits per heavy atom. The lowest BCUT2D eigenvalue weighted by molar-refractivity contribution is -0.0490. The van der Waals surface area contributed by atoms with Crippen LogP contribution in [0.5, 0.6) is 0 Å². The fourth-order valence-electron chi connectivity index (χ4n) is 3.81. The number of hydrogen-bond acceptors (Lipinski definition) is 3. The molecule has 0 aliphatic carbocycles. The molecule has 0 radical (unpaired) electrons. The number of hydrogen-bond donors (Lipinski definition) is 1. The quantitative estimate of drug-likeness (QED) is 0.847. The van der Waals surface area contributed by atoms with Gasteiger partial charge in [-0.1, -0.05) is 18.2 Å². The Balaban J connectivity index is 1.89. The molecule has 3 atom stereocenters. The molecule has 2 aliphatic rings. The zero-order chi connectivity index (χ0) is 12.9. The van der Waals surface area contributed by atoms with E-state index in [1.807, 2.05) is 24.5 Å². The van der Waals surface area contributed by atoms with Gasteiger partial charge in [-0.15, -0.1) is 0 Å². The van der Waals surface area contributed by atoms with E-state index in [2.05, 4.69) is 22.0 Å². The standard InChI is InChI=1S/C16H18N2O/c19-16(6-9-18-8-5-13(16)11-18)15-3-1-2-12-10-17-7-4-14(12)15/h1-4,7,10,13,19H,5-6,8-9,11H2. The third kappa shape index (κ3) is 1.62. The van der Waals surface area contributed by atoms with Gasteiger partial charge in [-0.2, -0.15) is 0 Å². The normalized spacial score (nSPS) is 33.7. The number of fused-ring (bicyclic) bond motifs is 3. The number of pyridine rings is 1. The van der Waals surface area contributed by atoms with E-state index in [4.69, 9.17) is 0 Å². The minimum absolute atomic E-state index is 0.375. The van der Waals surface area contributed by atoms with Crippen molar-refractivity contribution >= 4 is 10.8 Å². The fraction of sp³-hybridized carbons (Fsp3) is 0.438. The minimum Gasteiger partial charge on any atom is -0.385 e. The fourth-order valence-corrected chi connectivity index (χ4v) is 3.81. The average Bonchev–Trinajstić information content (AvgIpc) is 2.88. The lowest BCUT2D eigenvalue weighted by Gasteiger charge is -2.39. The topological polar surface area (TPSA) is 36.4 Å². The maximum atomic E-state index is 11.3. The van der Waals surface area contributed by atoms with E-state index in [1.165, 1.54) is 0 Å². The summed E-state index contributed by atoms with van der Waals surface area (Å²) in [6.07, 6.45) is 5.65. The van der Waals surface area contributed by atoms with Crippen LogP contribution in [0.15, 0.2) is 36.7 Å². The van der Waals surface area contributed by atoms with Gasteiger partial charge in [-0.25, -0.2) is 0 Å². The lowest BCUT2D eigenvalue weighted by Crippen LogP contribution is -2.44. The van der Waals surface area contributed by atoms with Crippen molar-refractivity contribution < 1.29 is 5.11 Å². The molecule has 0 amide bonds. The second kappa shape index (κ2) is 4.02. The molecule has 19 heavy (non-hydrogen) atoms. The van der Waals surface area contributed by atoms with Crippen molar-refractivity contribution in [1.82, 2.24) is 9.88 Å². The monoisotopic (exact) mass is 254 g/mol. The van der Waals surface area contributed by atoms with Crippen LogP contribution in [0.3, 0.4) is 0 Å². The Kier molecular flexibility index (Phi) is 2.41. The predicted molar refractivity (Wildman–Crippen MR) is 74.8 cm³/mol. The molecule has 2 fully saturated rings. The van der Waals surface area contributed by atoms with Gasteiger partial charge in [0.15, 0.2) is 0 Å². The summed E-state index contributed by atoms with van der Waals surface area (Å²) in [5, 5.41) is 13.6. The van der Waals surface area contributed by atoms with Gasteiger partial charge in [0, 0.05) is 36.8 Å². The second-order valence-corrected chi connectivity index (χ2v) is 5.86. The van der Waals surface area contributed by atoms with Crippen LogP contribution >= 0.6 is 0 Å². The first-order valence-electron chi connectivity index (χ1n) is 7.05. The summed E-state index contributed by atoms with van der Waals surface area (Å²) in [5.41, 5.74) is 0.437. The molecule has 2 aromatic rings. The Hall–Kier alpha value is -1.45. The first-order valence-corrected chi connectivity index (χ1v) is 7.05. The number of benzene rings is 1. The first kappa shape index (κ1) is 11.4. The third-order valence-corrected chi connectivity index (χ3v) is 4.90. The molecule has 98 valence electrons. The summed E-state index contributed by atoms with van der Waals surface area (Å²) < 4.78 is 0. The van der Waals surface area contributed by atoms with E-state index < -0.39 is 5.60 Å². The molecule has 1 N–H and O–H groups in total. The van der Waals surface area contributed by atoms with E-state index in [-0.39, 0.29) is 0 Å². The maximum absolute atomic E-state index is 11.3. The van der Waals surface area contributed by atoms with Gasteiger partial charge in [0.25, 0.3) is 0 Å². The van der Waals surface area contributed by atoms with Crippen molar-refractivity contribution in [3.63, 3.8) is 0 Å². The van der Waals surface area contributed by atoms with Crippen LogP contribution in [-0.4, -0.2) is 34.6 Å². The van der Waals surface area contributed by atoms with Crippen molar-refractivity contribution in [1.29, 1.82) is 0 Å². The van der Waals surface area contributed by atoms with E-state index in [1.54, 1.807) is 0 Å². The predicted octanol–water partition coefficient (Wildman–Crippen LogP) is 2.15. The van der Waals surface area contributed by atoms with Gasteiger partial charge >= 0.3 is 0 Å². The third-order valence-electron chi connectivity index (χ3n) is 4.90. The number of nitrogens with zero attached hydrogens (tertiary/aromatic N) is 2. The van der Waals surface area contributed by atoms with Crippen LogP contribution in [0.2, 0.25) is 0 Å². The van der Waals surface area contributed by atoms with E-state index in [9.17, 15) is 5.11 Å². The average molecular weight is 254 g/mol. The van der Waals surface area contributed by atoms with Crippen LogP contribution in [0.25, 0.3) is 10.8 Å². The molecule has 3 unspecified atom stereocenters. The molecule has 0 saturated carbocycles. The van der Waals surface area contributed by atoms with Gasteiger partial charge in [-0.3, -0.25) is 4.98 Å². The van der Waals surface area contributed by atoms with Crippen LogP contribution in [0.4, 0.5) is 0 Å². The Morgan fingerprint density at radius 2 is 2.21 bits per heavy atom. The molecule has 3 heteroatoms. The summed E-state index contributed by atoms with van der Waals surface area (Å²) in [6.45, 7) is 3.19. The van der Waals surface area contributed by atoms with Gasteiger partial charge < -0.3 is 10.0 Å². The Labute approximate surface area is 112 Å². The molecule has 3 nitrogen and oxygen atoms in total. The number of aromatic nitrogens is 1. The highest BCUT2D eigenvalue weighted by Gasteiger charge is 2.46. The van der Waals surface area contributed by atoms with Crippen molar-refractivity contribution in [2.75, 3.05) is 19.6 Å². The highest BCUT2D eigenvalue weighted by molar-refractivity contribution is 5.85. The molecule has 2 saturated heterocycles. The molecule has 2 aliphatic heterocycles. The molecule has 3 heterocycles. The van der Waals surface area contributed by atoms with Gasteiger partial charge in [0.2, 0.25) is 0 Å². The zero-order valence-electron chi connectivity index (χ0n) is 10.9. The van der Waals surface area contributed by atoms with Crippen LogP contribution < -0.4 is 0 Å². The minimum atomic E-state index is -0.659. The smallest absolute Gasteiger partial charge is 0.0955 e. The molecule has 2 bridgehead atoms. The van der Waals surface area contributed by atoms with E-state index in [0.717, 1.165) is 48.8 Å². The second-order valence-electron chi connectivity index (χ2n) is 5.86. The lowest BCUT2D eigenvalue weighted by atomic mass is 9.75. The summed E-state index contributed by atoms with van der Waals surface area (Å²) >= 11 is 0. The van der Waals surface area contributed by atoms with E-state index >= 15 is 0 Å². The molecule has 1 aromatic carbocycles. The largest absolute Gasteiger partial charge is 0.385 e. The highest BCUT2D eigenvalue weighted by atomic mass is 16.3. The molecular formula is C16H18N2O. The first-order chi connectivity index (χ1) is 9.27. The van der Waals surface area contributed by atoms with Crippen molar-refractivity contribution in [3.05, 3.63) is 42.2 Å². The molecule has 4 rings (SSSR count).